The van der Waals surface area contributed by atoms with Crippen LogP contribution in [-0.4, -0.2) is 9.55 Å². The Morgan fingerprint density at radius 3 is 2.45 bits per heavy atom. The average molecular weight is 281 g/mol. The lowest BCUT2D eigenvalue weighted by molar-refractivity contribution is 0.496. The number of hydrogen-bond donors (Lipinski definition) is 1. The van der Waals surface area contributed by atoms with Crippen molar-refractivity contribution < 1.29 is 13.2 Å². The highest BCUT2D eigenvalue weighted by Gasteiger charge is 2.30. The topological polar surface area (TPSA) is 43.8 Å². The second-order valence-electron chi connectivity index (χ2n) is 4.96. The summed E-state index contributed by atoms with van der Waals surface area (Å²) in [6.45, 7) is 1.92. The van der Waals surface area contributed by atoms with Crippen LogP contribution >= 0.6 is 0 Å². The molecule has 0 unspecified atom stereocenters. The molecule has 0 saturated heterocycles. The largest absolute Gasteiger partial charge is 0.383 e. The van der Waals surface area contributed by atoms with E-state index in [-0.39, 0.29) is 11.3 Å². The molecule has 0 aliphatic heterocycles. The van der Waals surface area contributed by atoms with Gasteiger partial charge in [-0.05, 0) is 18.9 Å². The summed E-state index contributed by atoms with van der Waals surface area (Å²) in [6, 6.07) is 1.62. The quantitative estimate of drug-likeness (QED) is 0.876. The molecule has 0 bridgehead atoms. The van der Waals surface area contributed by atoms with Crippen LogP contribution in [0.1, 0.15) is 31.6 Å². The first-order chi connectivity index (χ1) is 9.52. The SMILES string of the molecule is CCc1nc(-c2cc(F)c(F)cc2F)c(N)n1C1CC1. The summed E-state index contributed by atoms with van der Waals surface area (Å²) in [7, 11) is 0. The zero-order valence-corrected chi connectivity index (χ0v) is 11.0. The summed E-state index contributed by atoms with van der Waals surface area (Å²) in [6.07, 6.45) is 2.66. The summed E-state index contributed by atoms with van der Waals surface area (Å²) in [5, 5.41) is 0. The molecule has 2 N–H and O–H groups in total. The van der Waals surface area contributed by atoms with E-state index in [1.807, 2.05) is 11.5 Å². The molecule has 1 aliphatic rings. The minimum atomic E-state index is -1.22. The van der Waals surface area contributed by atoms with Crippen LogP contribution in [-0.2, 0) is 6.42 Å². The lowest BCUT2D eigenvalue weighted by Crippen LogP contribution is -2.04. The fourth-order valence-corrected chi connectivity index (χ4v) is 2.39. The van der Waals surface area contributed by atoms with Crippen LogP contribution in [0.25, 0.3) is 11.3 Å². The van der Waals surface area contributed by atoms with Crippen molar-refractivity contribution in [2.45, 2.75) is 32.2 Å². The van der Waals surface area contributed by atoms with Crippen LogP contribution in [0.5, 0.6) is 0 Å². The van der Waals surface area contributed by atoms with Crippen LogP contribution in [0, 0.1) is 17.5 Å². The van der Waals surface area contributed by atoms with E-state index in [0.29, 0.717) is 24.3 Å². The van der Waals surface area contributed by atoms with Gasteiger partial charge in [0.1, 0.15) is 23.2 Å². The fraction of sp³-hybridized carbons (Fsp3) is 0.357. The Morgan fingerprint density at radius 1 is 1.20 bits per heavy atom. The van der Waals surface area contributed by atoms with Gasteiger partial charge in [0.05, 0.1) is 0 Å². The van der Waals surface area contributed by atoms with Gasteiger partial charge in [-0.25, -0.2) is 18.2 Å². The molecule has 3 nitrogen and oxygen atoms in total. The third kappa shape index (κ3) is 1.95. The number of hydrogen-bond acceptors (Lipinski definition) is 2. The Labute approximate surface area is 114 Å². The van der Waals surface area contributed by atoms with Gasteiger partial charge >= 0.3 is 0 Å². The highest BCUT2D eigenvalue weighted by Crippen LogP contribution is 2.41. The average Bonchev–Trinajstić information content (AvgIpc) is 3.18. The number of nitrogens with two attached hydrogens (primary N) is 1. The van der Waals surface area contributed by atoms with Gasteiger partial charge < -0.3 is 10.3 Å². The highest BCUT2D eigenvalue weighted by molar-refractivity contribution is 5.72. The van der Waals surface area contributed by atoms with Crippen molar-refractivity contribution in [3.63, 3.8) is 0 Å². The maximum Gasteiger partial charge on any atom is 0.161 e. The predicted molar refractivity (Wildman–Crippen MR) is 69.6 cm³/mol. The number of nitrogen functional groups attached to an aromatic ring is 1. The molecule has 0 atom stereocenters. The van der Waals surface area contributed by atoms with E-state index in [2.05, 4.69) is 4.98 Å². The fourth-order valence-electron chi connectivity index (χ4n) is 2.39. The molecule has 0 amide bonds. The van der Waals surface area contributed by atoms with Crippen molar-refractivity contribution in [3.8, 4) is 11.3 Å². The summed E-state index contributed by atoms with van der Waals surface area (Å²) in [5.41, 5.74) is 6.11. The molecule has 106 valence electrons. The summed E-state index contributed by atoms with van der Waals surface area (Å²) < 4.78 is 42.0. The van der Waals surface area contributed by atoms with Gasteiger partial charge in [-0.2, -0.15) is 0 Å². The Hall–Kier alpha value is -1.98. The van der Waals surface area contributed by atoms with Crippen molar-refractivity contribution in [3.05, 3.63) is 35.4 Å². The minimum absolute atomic E-state index is 0.101. The standard InChI is InChI=1S/C14H14F3N3/c1-2-12-19-13(14(18)20(12)7-3-4-7)8-5-10(16)11(17)6-9(8)15/h5-7H,2-4,18H2,1H3. The molecular weight excluding hydrogens is 267 g/mol. The molecule has 2 aromatic rings. The molecule has 6 heteroatoms. The number of rotatable bonds is 3. The molecule has 1 aromatic carbocycles. The molecule has 1 heterocycles. The van der Waals surface area contributed by atoms with Crippen molar-refractivity contribution >= 4 is 5.82 Å². The van der Waals surface area contributed by atoms with Crippen molar-refractivity contribution in [2.75, 3.05) is 5.73 Å². The zero-order valence-electron chi connectivity index (χ0n) is 11.0. The molecule has 0 spiro atoms. The van der Waals surface area contributed by atoms with E-state index >= 15 is 0 Å². The number of aryl methyl sites for hydroxylation is 1. The Kier molecular flexibility index (Phi) is 2.96. The molecule has 20 heavy (non-hydrogen) atoms. The van der Waals surface area contributed by atoms with Crippen LogP contribution in [0.3, 0.4) is 0 Å². The van der Waals surface area contributed by atoms with Crippen LogP contribution < -0.4 is 5.73 Å². The molecule has 1 aromatic heterocycles. The van der Waals surface area contributed by atoms with Gasteiger partial charge in [0, 0.05) is 24.1 Å². The molecule has 0 radical (unpaired) electrons. The number of aromatic nitrogens is 2. The first-order valence-electron chi connectivity index (χ1n) is 6.54. The van der Waals surface area contributed by atoms with E-state index < -0.39 is 17.5 Å². The van der Waals surface area contributed by atoms with Gasteiger partial charge in [-0.3, -0.25) is 0 Å². The third-order valence-electron chi connectivity index (χ3n) is 3.51. The summed E-state index contributed by atoms with van der Waals surface area (Å²) >= 11 is 0. The number of benzene rings is 1. The monoisotopic (exact) mass is 281 g/mol. The molecular formula is C14H14F3N3. The Morgan fingerprint density at radius 2 is 1.85 bits per heavy atom. The number of anilines is 1. The van der Waals surface area contributed by atoms with Gasteiger partial charge in [0.25, 0.3) is 0 Å². The summed E-state index contributed by atoms with van der Waals surface area (Å²) in [4.78, 5) is 4.30. The normalized spacial score (nSPS) is 14.8. The van der Waals surface area contributed by atoms with E-state index in [1.165, 1.54) is 0 Å². The van der Waals surface area contributed by atoms with Gasteiger partial charge in [0.15, 0.2) is 11.6 Å². The van der Waals surface area contributed by atoms with Crippen LogP contribution in [0.4, 0.5) is 19.0 Å². The summed E-state index contributed by atoms with van der Waals surface area (Å²) in [5.74, 6) is -2.14. The number of imidazole rings is 1. The molecule has 1 saturated carbocycles. The van der Waals surface area contributed by atoms with Gasteiger partial charge in [-0.1, -0.05) is 6.92 Å². The van der Waals surface area contributed by atoms with E-state index in [1.54, 1.807) is 0 Å². The smallest absolute Gasteiger partial charge is 0.161 e. The molecule has 3 rings (SSSR count). The second kappa shape index (κ2) is 4.54. The maximum atomic E-state index is 13.8. The van der Waals surface area contributed by atoms with Crippen molar-refractivity contribution in [1.29, 1.82) is 0 Å². The minimum Gasteiger partial charge on any atom is -0.383 e. The molecule has 1 fully saturated rings. The number of halogens is 3. The van der Waals surface area contributed by atoms with Gasteiger partial charge in [-0.15, -0.1) is 0 Å². The highest BCUT2D eigenvalue weighted by atomic mass is 19.2. The zero-order chi connectivity index (χ0) is 14.4. The molecule has 1 aliphatic carbocycles. The first kappa shape index (κ1) is 13.0. The van der Waals surface area contributed by atoms with Crippen LogP contribution in [0.15, 0.2) is 12.1 Å². The van der Waals surface area contributed by atoms with Crippen LogP contribution in [0.2, 0.25) is 0 Å². The number of nitrogens with zero attached hydrogens (tertiary/aromatic N) is 2. The Bertz CT molecular complexity index is 675. The predicted octanol–water partition coefficient (Wildman–Crippen LogP) is 3.45. The lowest BCUT2D eigenvalue weighted by atomic mass is 10.1. The van der Waals surface area contributed by atoms with E-state index in [0.717, 1.165) is 24.7 Å². The lowest BCUT2D eigenvalue weighted by Gasteiger charge is -2.07. The van der Waals surface area contributed by atoms with Crippen molar-refractivity contribution in [2.24, 2.45) is 0 Å². The van der Waals surface area contributed by atoms with Gasteiger partial charge in [0.2, 0.25) is 0 Å². The second-order valence-corrected chi connectivity index (χ2v) is 4.96. The van der Waals surface area contributed by atoms with E-state index in [4.69, 9.17) is 5.73 Å². The van der Waals surface area contributed by atoms with E-state index in [9.17, 15) is 13.2 Å². The maximum absolute atomic E-state index is 13.8. The van der Waals surface area contributed by atoms with Crippen molar-refractivity contribution in [1.82, 2.24) is 9.55 Å². The Balaban J connectivity index is 2.17. The third-order valence-corrected chi connectivity index (χ3v) is 3.51. The first-order valence-corrected chi connectivity index (χ1v) is 6.54.